The van der Waals surface area contributed by atoms with Gasteiger partial charge < -0.3 is 9.88 Å². The minimum absolute atomic E-state index is 0.147. The summed E-state index contributed by atoms with van der Waals surface area (Å²) in [6, 6.07) is 11.7. The number of aryl methyl sites for hydroxylation is 1. The first-order valence-corrected chi connectivity index (χ1v) is 7.12. The largest absolute Gasteiger partial charge is 0.326 e. The topological polar surface area (TPSA) is 74.9 Å². The van der Waals surface area contributed by atoms with Crippen LogP contribution < -0.4 is 10.9 Å². The van der Waals surface area contributed by atoms with Crippen LogP contribution >= 0.6 is 11.6 Å². The maximum atomic E-state index is 11.8. The fraction of sp³-hybridized carbons (Fsp3) is 0.188. The Hall–Kier alpha value is -2.58. The monoisotopic (exact) mass is 315 g/mol. The summed E-state index contributed by atoms with van der Waals surface area (Å²) in [6.45, 7) is 0.422. The Morgan fingerprint density at radius 3 is 2.91 bits per heavy atom. The van der Waals surface area contributed by atoms with E-state index in [1.165, 1.54) is 16.7 Å². The Morgan fingerprint density at radius 1 is 1.32 bits per heavy atom. The number of nitriles is 1. The van der Waals surface area contributed by atoms with E-state index in [-0.39, 0.29) is 17.9 Å². The molecule has 1 N–H and O–H groups in total. The first kappa shape index (κ1) is 15.8. The highest BCUT2D eigenvalue weighted by Gasteiger charge is 2.04. The molecule has 0 saturated heterocycles. The highest BCUT2D eigenvalue weighted by atomic mass is 35.5. The summed E-state index contributed by atoms with van der Waals surface area (Å²) in [6.07, 6.45) is 2.35. The van der Waals surface area contributed by atoms with E-state index in [4.69, 9.17) is 16.9 Å². The van der Waals surface area contributed by atoms with Crippen molar-refractivity contribution in [2.24, 2.45) is 0 Å². The van der Waals surface area contributed by atoms with Gasteiger partial charge in [0.15, 0.2) is 0 Å². The number of amides is 1. The summed E-state index contributed by atoms with van der Waals surface area (Å²) in [5, 5.41) is 12.0. The van der Waals surface area contributed by atoms with Gasteiger partial charge in [-0.05, 0) is 30.7 Å². The van der Waals surface area contributed by atoms with E-state index in [1.807, 2.05) is 6.07 Å². The van der Waals surface area contributed by atoms with Crippen molar-refractivity contribution >= 4 is 23.2 Å². The van der Waals surface area contributed by atoms with Gasteiger partial charge in [-0.3, -0.25) is 9.59 Å². The number of pyridine rings is 1. The van der Waals surface area contributed by atoms with Crippen LogP contribution in [0.3, 0.4) is 0 Å². The molecule has 1 aromatic carbocycles. The molecule has 0 radical (unpaired) electrons. The predicted octanol–water partition coefficient (Wildman–Crippen LogP) is 2.79. The van der Waals surface area contributed by atoms with Crippen molar-refractivity contribution in [2.45, 2.75) is 19.4 Å². The van der Waals surface area contributed by atoms with Crippen LogP contribution in [-0.4, -0.2) is 10.5 Å². The smallest absolute Gasteiger partial charge is 0.250 e. The Labute approximate surface area is 132 Å². The zero-order valence-electron chi connectivity index (χ0n) is 11.8. The lowest BCUT2D eigenvalue weighted by Gasteiger charge is -2.07. The molecule has 0 saturated carbocycles. The van der Waals surface area contributed by atoms with Gasteiger partial charge in [-0.15, -0.1) is 0 Å². The first-order chi connectivity index (χ1) is 10.6. The summed E-state index contributed by atoms with van der Waals surface area (Å²) >= 11 is 5.83. The van der Waals surface area contributed by atoms with Gasteiger partial charge in [0.05, 0.1) is 16.7 Å². The lowest BCUT2D eigenvalue weighted by atomic mass is 10.2. The van der Waals surface area contributed by atoms with Gasteiger partial charge >= 0.3 is 0 Å². The second kappa shape index (κ2) is 7.43. The molecule has 5 nitrogen and oxygen atoms in total. The molecule has 2 aromatic rings. The lowest BCUT2D eigenvalue weighted by molar-refractivity contribution is -0.116. The van der Waals surface area contributed by atoms with Crippen molar-refractivity contribution < 1.29 is 4.79 Å². The van der Waals surface area contributed by atoms with Gasteiger partial charge in [0.25, 0.3) is 5.56 Å². The van der Waals surface area contributed by atoms with Crippen LogP contribution in [0.5, 0.6) is 0 Å². The molecule has 1 heterocycles. The average molecular weight is 316 g/mol. The number of carbonyl (C=O) groups is 1. The number of rotatable bonds is 5. The average Bonchev–Trinajstić information content (AvgIpc) is 2.51. The molecule has 112 valence electrons. The second-order valence-electron chi connectivity index (χ2n) is 4.72. The van der Waals surface area contributed by atoms with E-state index in [9.17, 15) is 9.59 Å². The van der Waals surface area contributed by atoms with Gasteiger partial charge in [0.2, 0.25) is 5.91 Å². The molecule has 0 spiro atoms. The quantitative estimate of drug-likeness (QED) is 0.922. The Kier molecular flexibility index (Phi) is 5.34. The van der Waals surface area contributed by atoms with Gasteiger partial charge in [-0.1, -0.05) is 17.7 Å². The fourth-order valence-corrected chi connectivity index (χ4v) is 2.16. The van der Waals surface area contributed by atoms with Crippen LogP contribution in [-0.2, 0) is 11.3 Å². The van der Waals surface area contributed by atoms with Crippen molar-refractivity contribution in [1.82, 2.24) is 4.57 Å². The molecule has 1 amide bonds. The van der Waals surface area contributed by atoms with Crippen molar-refractivity contribution in [1.29, 1.82) is 5.26 Å². The molecule has 0 aliphatic carbocycles. The van der Waals surface area contributed by atoms with Gasteiger partial charge in [-0.25, -0.2) is 0 Å². The third kappa shape index (κ3) is 4.47. The molecule has 1 aromatic heterocycles. The van der Waals surface area contributed by atoms with Crippen LogP contribution in [0.1, 0.15) is 18.4 Å². The number of halogens is 1. The van der Waals surface area contributed by atoms with Gasteiger partial charge in [0, 0.05) is 30.9 Å². The number of hydrogen-bond donors (Lipinski definition) is 1. The van der Waals surface area contributed by atoms with Crippen LogP contribution in [0.4, 0.5) is 5.69 Å². The van der Waals surface area contributed by atoms with E-state index in [2.05, 4.69) is 5.32 Å². The van der Waals surface area contributed by atoms with E-state index in [1.54, 1.807) is 30.5 Å². The molecule has 0 bridgehead atoms. The SMILES string of the molecule is N#Cc1cccc(NC(=O)CCCn2cc(Cl)ccc2=O)c1. The van der Waals surface area contributed by atoms with Crippen LogP contribution in [0.25, 0.3) is 0 Å². The molecule has 22 heavy (non-hydrogen) atoms. The van der Waals surface area contributed by atoms with Crippen molar-refractivity contribution in [3.8, 4) is 6.07 Å². The van der Waals surface area contributed by atoms with E-state index in [0.29, 0.717) is 29.2 Å². The number of hydrogen-bond acceptors (Lipinski definition) is 3. The third-order valence-electron chi connectivity index (χ3n) is 3.03. The summed E-state index contributed by atoms with van der Waals surface area (Å²) in [4.78, 5) is 23.4. The fourth-order valence-electron chi connectivity index (χ4n) is 1.98. The molecule has 2 rings (SSSR count). The molecule has 0 aliphatic rings. The molecule has 0 aliphatic heterocycles. The number of aromatic nitrogens is 1. The summed E-state index contributed by atoms with van der Waals surface area (Å²) in [7, 11) is 0. The standard InChI is InChI=1S/C16H14ClN3O2/c17-13-6-7-16(22)20(11-13)8-2-5-15(21)19-14-4-1-3-12(9-14)10-18/h1,3-4,6-7,9,11H,2,5,8H2,(H,19,21). The zero-order chi connectivity index (χ0) is 15.9. The van der Waals surface area contributed by atoms with Crippen molar-refractivity contribution in [2.75, 3.05) is 5.32 Å². The number of carbonyl (C=O) groups excluding carboxylic acids is 1. The molecular weight excluding hydrogens is 302 g/mol. The molecule has 0 unspecified atom stereocenters. The first-order valence-electron chi connectivity index (χ1n) is 6.74. The van der Waals surface area contributed by atoms with Gasteiger partial charge in [-0.2, -0.15) is 5.26 Å². The maximum absolute atomic E-state index is 11.8. The minimum atomic E-state index is -0.162. The number of benzene rings is 1. The second-order valence-corrected chi connectivity index (χ2v) is 5.16. The molecule has 0 fully saturated rings. The van der Waals surface area contributed by atoms with Crippen LogP contribution in [0.15, 0.2) is 47.4 Å². The number of nitrogens with one attached hydrogen (secondary N) is 1. The molecule has 6 heteroatoms. The molecular formula is C16H14ClN3O2. The normalized spacial score (nSPS) is 10.0. The maximum Gasteiger partial charge on any atom is 0.250 e. The highest BCUT2D eigenvalue weighted by Crippen LogP contribution is 2.10. The number of anilines is 1. The van der Waals surface area contributed by atoms with E-state index in [0.717, 1.165) is 0 Å². The predicted molar refractivity (Wildman–Crippen MR) is 84.7 cm³/mol. The van der Waals surface area contributed by atoms with Crippen molar-refractivity contribution in [3.63, 3.8) is 0 Å². The lowest BCUT2D eigenvalue weighted by Crippen LogP contribution is -2.19. The van der Waals surface area contributed by atoms with E-state index < -0.39 is 0 Å². The van der Waals surface area contributed by atoms with Crippen LogP contribution in [0.2, 0.25) is 5.02 Å². The highest BCUT2D eigenvalue weighted by molar-refractivity contribution is 6.30. The third-order valence-corrected chi connectivity index (χ3v) is 3.25. The minimum Gasteiger partial charge on any atom is -0.326 e. The Morgan fingerprint density at radius 2 is 2.14 bits per heavy atom. The van der Waals surface area contributed by atoms with E-state index >= 15 is 0 Å². The number of nitrogens with zero attached hydrogens (tertiary/aromatic N) is 2. The summed E-state index contributed by atoms with van der Waals surface area (Å²) in [5.41, 5.74) is 0.929. The summed E-state index contributed by atoms with van der Waals surface area (Å²) in [5.74, 6) is -0.162. The van der Waals surface area contributed by atoms with Crippen LogP contribution in [0, 0.1) is 11.3 Å². The summed E-state index contributed by atoms with van der Waals surface area (Å²) < 4.78 is 1.48. The Bertz CT molecular complexity index is 777. The van der Waals surface area contributed by atoms with Crippen molar-refractivity contribution in [3.05, 3.63) is 63.5 Å². The van der Waals surface area contributed by atoms with Gasteiger partial charge in [0.1, 0.15) is 0 Å². The Balaban J connectivity index is 1.86. The zero-order valence-corrected chi connectivity index (χ0v) is 12.5. The molecule has 0 atom stereocenters.